The molecule has 1 aromatic carbocycles. The Hall–Kier alpha value is -2.63. The summed E-state index contributed by atoms with van der Waals surface area (Å²) in [5.41, 5.74) is 1.79. The molecule has 1 saturated heterocycles. The molecule has 130 valence electrons. The Balaban J connectivity index is 1.75. The smallest absolute Gasteiger partial charge is 0.168 e. The van der Waals surface area contributed by atoms with Crippen molar-refractivity contribution in [3.63, 3.8) is 0 Å². The van der Waals surface area contributed by atoms with Gasteiger partial charge in [-0.2, -0.15) is 5.10 Å². The number of methoxy groups -OCH3 is 1. The Bertz CT molecular complexity index is 863. The van der Waals surface area contributed by atoms with E-state index in [0.29, 0.717) is 11.8 Å². The summed E-state index contributed by atoms with van der Waals surface area (Å²) in [7, 11) is 1.67. The number of anilines is 1. The van der Waals surface area contributed by atoms with Gasteiger partial charge in [-0.25, -0.2) is 14.6 Å². The fourth-order valence-corrected chi connectivity index (χ4v) is 3.83. The standard InChI is InChI=1S/C19H23N5O/c1-13-8-14(2)11-23(10-13)18-17-9-22-24(19(17)21-12-20-18)15-4-6-16(25-3)7-5-15/h4-7,9,12-14H,8,10-11H2,1-3H3. The van der Waals surface area contributed by atoms with E-state index >= 15 is 0 Å². The van der Waals surface area contributed by atoms with Crippen LogP contribution in [-0.2, 0) is 0 Å². The number of benzene rings is 1. The maximum atomic E-state index is 5.23. The third kappa shape index (κ3) is 2.92. The summed E-state index contributed by atoms with van der Waals surface area (Å²) in [6, 6.07) is 7.83. The highest BCUT2D eigenvalue weighted by molar-refractivity contribution is 5.87. The third-order valence-electron chi connectivity index (χ3n) is 4.83. The number of rotatable bonds is 3. The molecule has 6 nitrogen and oxygen atoms in total. The van der Waals surface area contributed by atoms with E-state index in [4.69, 9.17) is 4.74 Å². The zero-order valence-electron chi connectivity index (χ0n) is 14.9. The fraction of sp³-hybridized carbons (Fsp3) is 0.421. The minimum atomic E-state index is 0.672. The van der Waals surface area contributed by atoms with E-state index in [-0.39, 0.29) is 0 Å². The van der Waals surface area contributed by atoms with Crippen molar-refractivity contribution in [3.8, 4) is 11.4 Å². The first-order chi connectivity index (χ1) is 12.2. The molecule has 4 rings (SSSR count). The summed E-state index contributed by atoms with van der Waals surface area (Å²) >= 11 is 0. The quantitative estimate of drug-likeness (QED) is 0.734. The summed E-state index contributed by atoms with van der Waals surface area (Å²) in [5.74, 6) is 3.16. The first kappa shape index (κ1) is 15.9. The first-order valence-corrected chi connectivity index (χ1v) is 8.74. The van der Waals surface area contributed by atoms with E-state index in [1.54, 1.807) is 13.4 Å². The Labute approximate surface area is 147 Å². The summed E-state index contributed by atoms with van der Waals surface area (Å²) < 4.78 is 7.09. The van der Waals surface area contributed by atoms with Crippen LogP contribution in [0, 0.1) is 11.8 Å². The van der Waals surface area contributed by atoms with Gasteiger partial charge in [-0.3, -0.25) is 0 Å². The Morgan fingerprint density at radius 1 is 1.04 bits per heavy atom. The largest absolute Gasteiger partial charge is 0.497 e. The molecule has 0 spiro atoms. The van der Waals surface area contributed by atoms with Crippen molar-refractivity contribution < 1.29 is 4.74 Å². The van der Waals surface area contributed by atoms with Gasteiger partial charge in [0.2, 0.25) is 0 Å². The van der Waals surface area contributed by atoms with Crippen molar-refractivity contribution in [2.24, 2.45) is 11.8 Å². The van der Waals surface area contributed by atoms with E-state index in [0.717, 1.165) is 41.4 Å². The van der Waals surface area contributed by atoms with Gasteiger partial charge in [0, 0.05) is 13.1 Å². The molecule has 0 amide bonds. The highest BCUT2D eigenvalue weighted by Gasteiger charge is 2.25. The molecule has 2 atom stereocenters. The lowest BCUT2D eigenvalue weighted by atomic mass is 9.92. The van der Waals surface area contributed by atoms with Gasteiger partial charge in [-0.1, -0.05) is 13.8 Å². The zero-order chi connectivity index (χ0) is 17.4. The van der Waals surface area contributed by atoms with E-state index in [9.17, 15) is 0 Å². The highest BCUT2D eigenvalue weighted by atomic mass is 16.5. The second-order valence-corrected chi connectivity index (χ2v) is 7.04. The minimum absolute atomic E-state index is 0.672. The van der Waals surface area contributed by atoms with Gasteiger partial charge < -0.3 is 9.64 Å². The van der Waals surface area contributed by atoms with Crippen LogP contribution in [-0.4, -0.2) is 39.9 Å². The van der Waals surface area contributed by atoms with Gasteiger partial charge in [0.1, 0.15) is 17.9 Å². The van der Waals surface area contributed by atoms with Crippen LogP contribution in [0.2, 0.25) is 0 Å². The molecule has 0 saturated carbocycles. The monoisotopic (exact) mass is 337 g/mol. The molecule has 25 heavy (non-hydrogen) atoms. The van der Waals surface area contributed by atoms with Crippen LogP contribution in [0.3, 0.4) is 0 Å². The number of ether oxygens (including phenoxy) is 1. The average molecular weight is 337 g/mol. The molecule has 2 unspecified atom stereocenters. The SMILES string of the molecule is COc1ccc(-n2ncc3c(N4CC(C)CC(C)C4)ncnc32)cc1. The molecule has 0 aliphatic carbocycles. The van der Waals surface area contributed by atoms with Gasteiger partial charge in [-0.05, 0) is 42.5 Å². The zero-order valence-corrected chi connectivity index (χ0v) is 14.9. The summed E-state index contributed by atoms with van der Waals surface area (Å²) in [5, 5.41) is 5.56. The van der Waals surface area contributed by atoms with Gasteiger partial charge in [0.05, 0.1) is 24.4 Å². The van der Waals surface area contributed by atoms with E-state index in [1.165, 1.54) is 6.42 Å². The molecule has 1 fully saturated rings. The van der Waals surface area contributed by atoms with E-state index in [1.807, 2.05) is 35.1 Å². The minimum Gasteiger partial charge on any atom is -0.497 e. The van der Waals surface area contributed by atoms with E-state index in [2.05, 4.69) is 33.8 Å². The number of nitrogens with zero attached hydrogens (tertiary/aromatic N) is 5. The maximum Gasteiger partial charge on any atom is 0.168 e. The molecular weight excluding hydrogens is 314 g/mol. The van der Waals surface area contributed by atoms with Gasteiger partial charge in [0.15, 0.2) is 5.65 Å². The van der Waals surface area contributed by atoms with Crippen LogP contribution in [0.25, 0.3) is 16.7 Å². The first-order valence-electron chi connectivity index (χ1n) is 8.74. The number of hydrogen-bond donors (Lipinski definition) is 0. The summed E-state index contributed by atoms with van der Waals surface area (Å²) in [4.78, 5) is 11.4. The number of aromatic nitrogens is 4. The predicted molar refractivity (Wildman–Crippen MR) is 98.4 cm³/mol. The van der Waals surface area contributed by atoms with Crippen LogP contribution >= 0.6 is 0 Å². The van der Waals surface area contributed by atoms with Crippen molar-refractivity contribution in [1.82, 2.24) is 19.7 Å². The number of fused-ring (bicyclic) bond motifs is 1. The normalized spacial score (nSPS) is 20.8. The van der Waals surface area contributed by atoms with Gasteiger partial charge >= 0.3 is 0 Å². The van der Waals surface area contributed by atoms with Crippen molar-refractivity contribution in [1.29, 1.82) is 0 Å². The van der Waals surface area contributed by atoms with Gasteiger partial charge in [-0.15, -0.1) is 0 Å². The third-order valence-corrected chi connectivity index (χ3v) is 4.83. The number of piperidine rings is 1. The fourth-order valence-electron chi connectivity index (χ4n) is 3.83. The lowest BCUT2D eigenvalue weighted by Crippen LogP contribution is -2.39. The Kier molecular flexibility index (Phi) is 4.03. The van der Waals surface area contributed by atoms with Crippen LogP contribution in [0.1, 0.15) is 20.3 Å². The van der Waals surface area contributed by atoms with Crippen molar-refractivity contribution in [2.75, 3.05) is 25.1 Å². The Morgan fingerprint density at radius 3 is 2.44 bits per heavy atom. The van der Waals surface area contributed by atoms with Crippen molar-refractivity contribution in [3.05, 3.63) is 36.8 Å². The molecule has 3 heterocycles. The van der Waals surface area contributed by atoms with Crippen LogP contribution in [0.5, 0.6) is 5.75 Å². The predicted octanol–water partition coefficient (Wildman–Crippen LogP) is 3.31. The average Bonchev–Trinajstić information content (AvgIpc) is 3.05. The molecule has 1 aliphatic heterocycles. The lowest BCUT2D eigenvalue weighted by Gasteiger charge is -2.35. The maximum absolute atomic E-state index is 5.23. The molecular formula is C19H23N5O. The topological polar surface area (TPSA) is 56.1 Å². The van der Waals surface area contributed by atoms with Crippen LogP contribution in [0.4, 0.5) is 5.82 Å². The molecule has 0 bridgehead atoms. The molecule has 0 radical (unpaired) electrons. The molecule has 2 aromatic heterocycles. The Morgan fingerprint density at radius 2 is 1.76 bits per heavy atom. The van der Waals surface area contributed by atoms with Crippen molar-refractivity contribution >= 4 is 16.9 Å². The summed E-state index contributed by atoms with van der Waals surface area (Å²) in [6.45, 7) is 6.68. The second kappa shape index (κ2) is 6.35. The van der Waals surface area contributed by atoms with E-state index < -0.39 is 0 Å². The lowest BCUT2D eigenvalue weighted by molar-refractivity contribution is 0.356. The summed E-state index contributed by atoms with van der Waals surface area (Å²) in [6.07, 6.45) is 4.79. The second-order valence-electron chi connectivity index (χ2n) is 7.04. The van der Waals surface area contributed by atoms with Crippen LogP contribution < -0.4 is 9.64 Å². The highest BCUT2D eigenvalue weighted by Crippen LogP contribution is 2.30. The van der Waals surface area contributed by atoms with Crippen molar-refractivity contribution in [2.45, 2.75) is 20.3 Å². The molecule has 6 heteroatoms. The molecule has 3 aromatic rings. The molecule has 1 aliphatic rings. The molecule has 0 N–H and O–H groups in total. The van der Waals surface area contributed by atoms with Crippen LogP contribution in [0.15, 0.2) is 36.8 Å². The van der Waals surface area contributed by atoms with Gasteiger partial charge in [0.25, 0.3) is 0 Å². The number of hydrogen-bond acceptors (Lipinski definition) is 5.